The van der Waals surface area contributed by atoms with Gasteiger partial charge in [0.05, 0.1) is 19.0 Å². The summed E-state index contributed by atoms with van der Waals surface area (Å²) in [5.74, 6) is 1.07. The van der Waals surface area contributed by atoms with Crippen LogP contribution in [0, 0.1) is 10.8 Å². The van der Waals surface area contributed by atoms with Gasteiger partial charge in [0.15, 0.2) is 0 Å². The van der Waals surface area contributed by atoms with Crippen LogP contribution in [0.4, 0.5) is 0 Å². The summed E-state index contributed by atoms with van der Waals surface area (Å²) in [5, 5.41) is 16.4. The van der Waals surface area contributed by atoms with E-state index in [0.29, 0.717) is 6.61 Å². The summed E-state index contributed by atoms with van der Waals surface area (Å²) < 4.78 is 5.61. The predicted molar refractivity (Wildman–Crippen MR) is 77.4 cm³/mol. The molecule has 19 heavy (non-hydrogen) atoms. The second-order valence-electron chi connectivity index (χ2n) is 5.41. The number of hydrogen-bond acceptors (Lipinski definition) is 3. The highest BCUT2D eigenvalue weighted by molar-refractivity contribution is 5.82. The van der Waals surface area contributed by atoms with Crippen molar-refractivity contribution in [3.63, 3.8) is 0 Å². The van der Waals surface area contributed by atoms with Gasteiger partial charge >= 0.3 is 0 Å². The van der Waals surface area contributed by atoms with Crippen molar-refractivity contribution in [2.45, 2.75) is 39.7 Å². The molecule has 1 aromatic carbocycles. The average molecular weight is 264 g/mol. The number of rotatable bonds is 8. The van der Waals surface area contributed by atoms with E-state index in [9.17, 15) is 0 Å². The molecule has 0 saturated heterocycles. The van der Waals surface area contributed by atoms with Gasteiger partial charge in [-0.15, -0.1) is 0 Å². The Morgan fingerprint density at radius 1 is 1.26 bits per heavy atom. The van der Waals surface area contributed by atoms with Crippen molar-refractivity contribution < 1.29 is 9.84 Å². The lowest BCUT2D eigenvalue weighted by atomic mass is 9.86. The number of ether oxygens (including phenoxy) is 1. The van der Waals surface area contributed by atoms with E-state index in [1.807, 2.05) is 38.1 Å². The molecule has 0 atom stereocenters. The zero-order valence-corrected chi connectivity index (χ0v) is 11.8. The molecule has 0 radical (unpaired) electrons. The molecule has 0 heterocycles. The molecular formula is C15H24N2O2. The average Bonchev–Trinajstić information content (AvgIpc) is 2.38. The van der Waals surface area contributed by atoms with Crippen LogP contribution in [0.1, 0.15) is 38.7 Å². The number of unbranched alkanes of at least 4 members (excludes halogenated alkanes) is 1. The molecule has 4 N–H and O–H groups in total. The number of hydrogen-bond donors (Lipinski definition) is 3. The van der Waals surface area contributed by atoms with E-state index in [2.05, 4.69) is 0 Å². The molecule has 1 rings (SSSR count). The molecule has 0 bridgehead atoms. The van der Waals surface area contributed by atoms with Crippen molar-refractivity contribution in [3.8, 4) is 5.75 Å². The van der Waals surface area contributed by atoms with Crippen LogP contribution in [0.15, 0.2) is 24.3 Å². The van der Waals surface area contributed by atoms with Gasteiger partial charge in [-0.1, -0.05) is 26.0 Å². The third-order valence-electron chi connectivity index (χ3n) is 3.30. The van der Waals surface area contributed by atoms with Crippen LogP contribution in [0.3, 0.4) is 0 Å². The van der Waals surface area contributed by atoms with E-state index in [1.165, 1.54) is 0 Å². The molecule has 106 valence electrons. The Labute approximate surface area is 115 Å². The van der Waals surface area contributed by atoms with Gasteiger partial charge in [0, 0.05) is 5.41 Å². The van der Waals surface area contributed by atoms with Gasteiger partial charge in [-0.3, -0.25) is 5.41 Å². The molecule has 4 heteroatoms. The molecule has 0 unspecified atom stereocenters. The van der Waals surface area contributed by atoms with Crippen LogP contribution >= 0.6 is 0 Å². The lowest BCUT2D eigenvalue weighted by molar-refractivity contribution is 0.280. The molecule has 4 nitrogen and oxygen atoms in total. The van der Waals surface area contributed by atoms with Crippen LogP contribution in [0.5, 0.6) is 5.75 Å². The van der Waals surface area contributed by atoms with E-state index in [-0.39, 0.29) is 17.9 Å². The van der Waals surface area contributed by atoms with Crippen molar-refractivity contribution in [2.24, 2.45) is 11.1 Å². The smallest absolute Gasteiger partial charge is 0.119 e. The highest BCUT2D eigenvalue weighted by Crippen LogP contribution is 2.22. The Morgan fingerprint density at radius 3 is 2.42 bits per heavy atom. The number of aliphatic hydroxyl groups is 1. The third-order valence-corrected chi connectivity index (χ3v) is 3.30. The first-order valence-corrected chi connectivity index (χ1v) is 6.63. The Balaban J connectivity index is 2.22. The van der Waals surface area contributed by atoms with Crippen LogP contribution in [0.25, 0.3) is 0 Å². The summed E-state index contributed by atoms with van der Waals surface area (Å²) >= 11 is 0. The Bertz CT molecular complexity index is 399. The standard InChI is InChI=1S/C15H24N2O2/c1-15(2,14(16)17)9-3-4-10-19-13-7-5-12(11-18)6-8-13/h5-8,18H,3-4,9-11H2,1-2H3,(H3,16,17). The third kappa shape index (κ3) is 5.30. The minimum absolute atomic E-state index is 0.0560. The van der Waals surface area contributed by atoms with Gasteiger partial charge < -0.3 is 15.6 Å². The van der Waals surface area contributed by atoms with Gasteiger partial charge in [0.1, 0.15) is 5.75 Å². The van der Waals surface area contributed by atoms with Crippen LogP contribution in [-0.2, 0) is 6.61 Å². The fourth-order valence-electron chi connectivity index (χ4n) is 1.68. The maximum absolute atomic E-state index is 8.93. The summed E-state index contributed by atoms with van der Waals surface area (Å²) in [4.78, 5) is 0. The minimum Gasteiger partial charge on any atom is -0.494 e. The fourth-order valence-corrected chi connectivity index (χ4v) is 1.68. The normalized spacial score (nSPS) is 11.3. The quantitative estimate of drug-likeness (QED) is 0.384. The zero-order chi connectivity index (χ0) is 14.3. The first-order chi connectivity index (χ1) is 8.95. The van der Waals surface area contributed by atoms with E-state index in [1.54, 1.807) is 0 Å². The highest BCUT2D eigenvalue weighted by Gasteiger charge is 2.20. The van der Waals surface area contributed by atoms with Gasteiger partial charge in [-0.2, -0.15) is 0 Å². The lowest BCUT2D eigenvalue weighted by Gasteiger charge is -2.22. The molecule has 0 amide bonds. The summed E-state index contributed by atoms with van der Waals surface area (Å²) in [5.41, 5.74) is 6.20. The molecule has 0 spiro atoms. The van der Waals surface area contributed by atoms with Gasteiger partial charge in [0.2, 0.25) is 0 Å². The van der Waals surface area contributed by atoms with E-state index in [0.717, 1.165) is 30.6 Å². The maximum Gasteiger partial charge on any atom is 0.119 e. The summed E-state index contributed by atoms with van der Waals surface area (Å²) in [6.45, 7) is 4.69. The largest absolute Gasteiger partial charge is 0.494 e. The topological polar surface area (TPSA) is 79.3 Å². The van der Waals surface area contributed by atoms with Crippen LogP contribution < -0.4 is 10.5 Å². The number of nitrogens with two attached hydrogens (primary N) is 1. The van der Waals surface area contributed by atoms with E-state index in [4.69, 9.17) is 21.0 Å². The number of amidine groups is 1. The second kappa shape index (κ2) is 7.14. The second-order valence-corrected chi connectivity index (χ2v) is 5.41. The van der Waals surface area contributed by atoms with Crippen molar-refractivity contribution in [2.75, 3.05) is 6.61 Å². The first kappa shape index (κ1) is 15.5. The van der Waals surface area contributed by atoms with Crippen molar-refractivity contribution in [1.29, 1.82) is 5.41 Å². The molecular weight excluding hydrogens is 240 g/mol. The molecule has 0 aromatic heterocycles. The molecule has 0 aliphatic rings. The molecule has 0 fully saturated rings. The summed E-state index contributed by atoms with van der Waals surface area (Å²) in [7, 11) is 0. The number of aliphatic hydroxyl groups excluding tert-OH is 1. The minimum atomic E-state index is -0.219. The Kier molecular flexibility index (Phi) is 5.83. The summed E-state index contributed by atoms with van der Waals surface area (Å²) in [6, 6.07) is 7.44. The van der Waals surface area contributed by atoms with Crippen molar-refractivity contribution in [3.05, 3.63) is 29.8 Å². The monoisotopic (exact) mass is 264 g/mol. The number of nitrogens with one attached hydrogen (secondary N) is 1. The number of benzene rings is 1. The van der Waals surface area contributed by atoms with Gasteiger partial charge in [0.25, 0.3) is 0 Å². The predicted octanol–water partition coefficient (Wildman–Crippen LogP) is 2.69. The zero-order valence-electron chi connectivity index (χ0n) is 11.8. The van der Waals surface area contributed by atoms with E-state index >= 15 is 0 Å². The van der Waals surface area contributed by atoms with Gasteiger partial charge in [-0.25, -0.2) is 0 Å². The Hall–Kier alpha value is -1.55. The molecule has 0 saturated carbocycles. The Morgan fingerprint density at radius 2 is 1.89 bits per heavy atom. The van der Waals surface area contributed by atoms with E-state index < -0.39 is 0 Å². The fraction of sp³-hybridized carbons (Fsp3) is 0.533. The molecule has 0 aliphatic heterocycles. The van der Waals surface area contributed by atoms with Crippen LogP contribution in [-0.4, -0.2) is 17.5 Å². The first-order valence-electron chi connectivity index (χ1n) is 6.63. The summed E-state index contributed by atoms with van der Waals surface area (Å²) in [6.07, 6.45) is 2.83. The van der Waals surface area contributed by atoms with Gasteiger partial charge in [-0.05, 0) is 37.0 Å². The highest BCUT2D eigenvalue weighted by atomic mass is 16.5. The van der Waals surface area contributed by atoms with Crippen molar-refractivity contribution >= 4 is 5.84 Å². The van der Waals surface area contributed by atoms with Crippen LogP contribution in [0.2, 0.25) is 0 Å². The molecule has 1 aromatic rings. The SMILES string of the molecule is CC(C)(CCCCOc1ccc(CO)cc1)C(=N)N. The maximum atomic E-state index is 8.93. The van der Waals surface area contributed by atoms with Crippen molar-refractivity contribution in [1.82, 2.24) is 0 Å². The molecule has 0 aliphatic carbocycles. The lowest BCUT2D eigenvalue weighted by Crippen LogP contribution is -2.30.